The van der Waals surface area contributed by atoms with Crippen LogP contribution in [0.2, 0.25) is 0 Å². The van der Waals surface area contributed by atoms with Crippen LogP contribution >= 0.6 is 0 Å². The largest absolute Gasteiger partial charge is 0.317 e. The third-order valence-corrected chi connectivity index (χ3v) is 3.68. The van der Waals surface area contributed by atoms with Gasteiger partial charge in [0.15, 0.2) is 0 Å². The van der Waals surface area contributed by atoms with Gasteiger partial charge in [0.2, 0.25) is 0 Å². The molecule has 96 valence electrons. The summed E-state index contributed by atoms with van der Waals surface area (Å²) >= 11 is 0. The number of nitrogens with zero attached hydrogens (tertiary/aromatic N) is 2. The summed E-state index contributed by atoms with van der Waals surface area (Å²) in [7, 11) is 1.70. The van der Waals surface area contributed by atoms with Crippen molar-refractivity contribution in [2.45, 2.75) is 32.1 Å². The quantitative estimate of drug-likeness (QED) is 0.883. The van der Waals surface area contributed by atoms with Crippen LogP contribution in [0.15, 0.2) is 6.20 Å². The van der Waals surface area contributed by atoms with Gasteiger partial charge in [-0.2, -0.15) is 5.10 Å². The minimum absolute atomic E-state index is 0.0430. The normalized spacial score (nSPS) is 19.8. The van der Waals surface area contributed by atoms with E-state index < -0.39 is 6.43 Å². The standard InChI is InChI=1S/C12H19F2N3/c1-8(9-3-5-15-6-4-9)10-7-17(2)16-11(10)12(13)14/h7-9,12,15H,3-6H2,1-2H3. The molecule has 1 unspecified atom stereocenters. The van der Waals surface area contributed by atoms with Gasteiger partial charge in [0.1, 0.15) is 5.69 Å². The Morgan fingerprint density at radius 1 is 1.41 bits per heavy atom. The van der Waals surface area contributed by atoms with Gasteiger partial charge in [-0.05, 0) is 37.8 Å². The predicted molar refractivity (Wildman–Crippen MR) is 62.2 cm³/mol. The van der Waals surface area contributed by atoms with Gasteiger partial charge in [0, 0.05) is 18.8 Å². The predicted octanol–water partition coefficient (Wildman–Crippen LogP) is 2.46. The number of rotatable bonds is 3. The summed E-state index contributed by atoms with van der Waals surface area (Å²) in [4.78, 5) is 0. The van der Waals surface area contributed by atoms with Crippen LogP contribution in [-0.2, 0) is 7.05 Å². The molecule has 1 aromatic rings. The lowest BCUT2D eigenvalue weighted by Crippen LogP contribution is -2.30. The fourth-order valence-corrected chi connectivity index (χ4v) is 2.64. The average molecular weight is 243 g/mol. The molecule has 0 aliphatic carbocycles. The monoisotopic (exact) mass is 243 g/mol. The number of halogens is 2. The minimum Gasteiger partial charge on any atom is -0.317 e. The topological polar surface area (TPSA) is 29.9 Å². The summed E-state index contributed by atoms with van der Waals surface area (Å²) in [6.07, 6.45) is 1.38. The lowest BCUT2D eigenvalue weighted by atomic mass is 9.82. The van der Waals surface area contributed by atoms with Crippen LogP contribution in [0.3, 0.4) is 0 Å². The molecule has 5 heteroatoms. The van der Waals surface area contributed by atoms with Crippen molar-refractivity contribution in [2.24, 2.45) is 13.0 Å². The van der Waals surface area contributed by atoms with Gasteiger partial charge in [-0.15, -0.1) is 0 Å². The third kappa shape index (κ3) is 2.65. The number of aryl methyl sites for hydroxylation is 1. The number of nitrogens with one attached hydrogen (secondary N) is 1. The Bertz CT molecular complexity index is 370. The zero-order valence-electron chi connectivity index (χ0n) is 10.3. The van der Waals surface area contributed by atoms with Crippen molar-refractivity contribution in [1.29, 1.82) is 0 Å². The van der Waals surface area contributed by atoms with Gasteiger partial charge in [-0.25, -0.2) is 8.78 Å². The molecular weight excluding hydrogens is 224 g/mol. The molecule has 0 radical (unpaired) electrons. The fraction of sp³-hybridized carbons (Fsp3) is 0.750. The number of hydrogen-bond donors (Lipinski definition) is 1. The summed E-state index contributed by atoms with van der Waals surface area (Å²) in [5.74, 6) is 0.646. The highest BCUT2D eigenvalue weighted by molar-refractivity contribution is 5.23. The molecule has 17 heavy (non-hydrogen) atoms. The molecule has 0 bridgehead atoms. The zero-order chi connectivity index (χ0) is 12.4. The van der Waals surface area contributed by atoms with Crippen molar-refractivity contribution in [2.75, 3.05) is 13.1 Å². The maximum atomic E-state index is 12.9. The van der Waals surface area contributed by atoms with E-state index in [2.05, 4.69) is 10.4 Å². The third-order valence-electron chi connectivity index (χ3n) is 3.68. The average Bonchev–Trinajstić information content (AvgIpc) is 2.72. The SMILES string of the molecule is CC(c1cn(C)nc1C(F)F)C1CCNCC1. The van der Waals surface area contributed by atoms with Gasteiger partial charge in [0.05, 0.1) is 0 Å². The van der Waals surface area contributed by atoms with Crippen molar-refractivity contribution in [3.05, 3.63) is 17.5 Å². The van der Waals surface area contributed by atoms with E-state index in [-0.39, 0.29) is 11.6 Å². The van der Waals surface area contributed by atoms with Gasteiger partial charge in [-0.3, -0.25) is 4.68 Å². The molecular formula is C12H19F2N3. The van der Waals surface area contributed by atoms with Crippen molar-refractivity contribution < 1.29 is 8.78 Å². The smallest absolute Gasteiger partial charge is 0.282 e. The van der Waals surface area contributed by atoms with Crippen LogP contribution in [0.1, 0.15) is 43.4 Å². The fourth-order valence-electron chi connectivity index (χ4n) is 2.64. The molecule has 1 fully saturated rings. The molecule has 1 saturated heterocycles. The molecule has 0 spiro atoms. The second kappa shape index (κ2) is 5.12. The Hall–Kier alpha value is -0.970. The van der Waals surface area contributed by atoms with Gasteiger partial charge in [0.25, 0.3) is 6.43 Å². The summed E-state index contributed by atoms with van der Waals surface area (Å²) in [6.45, 7) is 4.01. The first kappa shape index (κ1) is 12.5. The summed E-state index contributed by atoms with van der Waals surface area (Å²) in [5.41, 5.74) is 0.674. The lowest BCUT2D eigenvalue weighted by Gasteiger charge is -2.28. The van der Waals surface area contributed by atoms with Gasteiger partial charge < -0.3 is 5.32 Å². The molecule has 1 aliphatic rings. The van der Waals surface area contributed by atoms with Crippen molar-refractivity contribution in [3.8, 4) is 0 Å². The molecule has 1 aliphatic heterocycles. The number of alkyl halides is 2. The second-order valence-corrected chi connectivity index (χ2v) is 4.82. The maximum absolute atomic E-state index is 12.9. The van der Waals surface area contributed by atoms with E-state index in [9.17, 15) is 8.78 Å². The Balaban J connectivity index is 2.19. The van der Waals surface area contributed by atoms with Crippen LogP contribution in [0.5, 0.6) is 0 Å². The highest BCUT2D eigenvalue weighted by Gasteiger charge is 2.27. The Morgan fingerprint density at radius 3 is 2.65 bits per heavy atom. The summed E-state index contributed by atoms with van der Waals surface area (Å²) in [5, 5.41) is 7.17. The first-order valence-electron chi connectivity index (χ1n) is 6.12. The van der Waals surface area contributed by atoms with Gasteiger partial charge >= 0.3 is 0 Å². The van der Waals surface area contributed by atoms with E-state index in [4.69, 9.17) is 0 Å². The van der Waals surface area contributed by atoms with Crippen LogP contribution in [-0.4, -0.2) is 22.9 Å². The highest BCUT2D eigenvalue weighted by Crippen LogP contribution is 2.35. The van der Waals surface area contributed by atoms with Crippen LogP contribution < -0.4 is 5.32 Å². The van der Waals surface area contributed by atoms with Crippen LogP contribution in [0.25, 0.3) is 0 Å². The van der Waals surface area contributed by atoms with Crippen LogP contribution in [0, 0.1) is 5.92 Å². The molecule has 2 rings (SSSR count). The van der Waals surface area contributed by atoms with Crippen molar-refractivity contribution >= 4 is 0 Å². The Kier molecular flexibility index (Phi) is 3.76. The maximum Gasteiger partial charge on any atom is 0.282 e. The Labute approximate surface area is 100 Å². The molecule has 0 aromatic carbocycles. The molecule has 3 nitrogen and oxygen atoms in total. The highest BCUT2D eigenvalue weighted by atomic mass is 19.3. The Morgan fingerprint density at radius 2 is 2.06 bits per heavy atom. The first-order chi connectivity index (χ1) is 8.09. The molecule has 1 N–H and O–H groups in total. The number of hydrogen-bond acceptors (Lipinski definition) is 2. The van der Waals surface area contributed by atoms with E-state index in [1.807, 2.05) is 6.92 Å². The molecule has 0 amide bonds. The summed E-state index contributed by atoms with van der Waals surface area (Å²) < 4.78 is 27.3. The molecule has 0 saturated carbocycles. The van der Waals surface area contributed by atoms with Crippen molar-refractivity contribution in [3.63, 3.8) is 0 Å². The van der Waals surface area contributed by atoms with E-state index >= 15 is 0 Å². The van der Waals surface area contributed by atoms with E-state index in [1.54, 1.807) is 13.2 Å². The van der Waals surface area contributed by atoms with Crippen molar-refractivity contribution in [1.82, 2.24) is 15.1 Å². The lowest BCUT2D eigenvalue weighted by molar-refractivity contribution is 0.143. The summed E-state index contributed by atoms with van der Waals surface area (Å²) in [6, 6.07) is 0. The molecule has 1 aromatic heterocycles. The number of piperidine rings is 1. The van der Waals surface area contributed by atoms with Crippen LogP contribution in [0.4, 0.5) is 8.78 Å². The van der Waals surface area contributed by atoms with E-state index in [1.165, 1.54) is 4.68 Å². The first-order valence-corrected chi connectivity index (χ1v) is 6.12. The minimum atomic E-state index is -2.48. The zero-order valence-corrected chi connectivity index (χ0v) is 10.3. The number of aromatic nitrogens is 2. The molecule has 1 atom stereocenters. The van der Waals surface area contributed by atoms with Gasteiger partial charge in [-0.1, -0.05) is 6.92 Å². The van der Waals surface area contributed by atoms with E-state index in [0.717, 1.165) is 31.5 Å². The molecule has 2 heterocycles. The second-order valence-electron chi connectivity index (χ2n) is 4.82. The van der Waals surface area contributed by atoms with E-state index in [0.29, 0.717) is 5.92 Å².